The summed E-state index contributed by atoms with van der Waals surface area (Å²) in [7, 11) is -4.11. The second-order valence-electron chi connectivity index (χ2n) is 5.27. The number of hydrogen-bond acceptors (Lipinski definition) is 8. The van der Waals surface area contributed by atoms with E-state index >= 15 is 0 Å². The Labute approximate surface area is 185 Å². The number of rotatable bonds is 8. The topological polar surface area (TPSA) is 124 Å². The van der Waals surface area contributed by atoms with E-state index in [4.69, 9.17) is 14.0 Å². The maximum atomic E-state index is 10.9. The Morgan fingerprint density at radius 2 is 1.32 bits per heavy atom. The molecule has 0 aliphatic rings. The molecule has 2 N–H and O–H groups in total. The van der Waals surface area contributed by atoms with Crippen molar-refractivity contribution in [1.82, 2.24) is 15.0 Å². The second-order valence-corrected chi connectivity index (χ2v) is 6.84. The molecule has 0 fully saturated rings. The van der Waals surface area contributed by atoms with Gasteiger partial charge in [0.2, 0.25) is 5.95 Å². The van der Waals surface area contributed by atoms with Gasteiger partial charge in [0.1, 0.15) is 11.5 Å². The van der Waals surface area contributed by atoms with Gasteiger partial charge in [-0.3, -0.25) is 4.55 Å². The fraction of sp³-hybridized carbons (Fsp3) is 0.118. The molecule has 1 heterocycles. The van der Waals surface area contributed by atoms with Crippen molar-refractivity contribution in [3.05, 3.63) is 60.7 Å². The minimum Gasteiger partial charge on any atom is -1.00 e. The van der Waals surface area contributed by atoms with E-state index in [1.807, 2.05) is 12.1 Å². The molecule has 0 atom stereocenters. The SMILES string of the molecule is O=S(=O)(O)CCNc1nc(Oc2ccccc2)nc(Oc2ccccc2)n1.[H-].[Na+]. The molecule has 0 amide bonds. The maximum Gasteiger partial charge on any atom is 1.00 e. The molecule has 142 valence electrons. The van der Waals surface area contributed by atoms with Gasteiger partial charge >= 0.3 is 41.6 Å². The standard InChI is InChI=1S/C17H16N4O5S.Na.H/c22-27(23,24)12-11-18-15-19-16(25-13-7-3-1-4-8-13)21-17(20-15)26-14-9-5-2-6-10-14;;/h1-10H,11-12H2,(H,22,23,24)(H,18,19,20,21);;/q;+1;-1. The first-order valence-electron chi connectivity index (χ1n) is 7.89. The Balaban J connectivity index is 0.00000210. The maximum absolute atomic E-state index is 10.9. The zero-order valence-electron chi connectivity index (χ0n) is 16.0. The Morgan fingerprint density at radius 1 is 0.857 bits per heavy atom. The van der Waals surface area contributed by atoms with Gasteiger partial charge in [0, 0.05) is 6.54 Å². The fourth-order valence-electron chi connectivity index (χ4n) is 1.99. The smallest absolute Gasteiger partial charge is 1.00 e. The predicted octanol–water partition coefficient (Wildman–Crippen LogP) is -0.128. The van der Waals surface area contributed by atoms with Gasteiger partial charge < -0.3 is 16.2 Å². The predicted molar refractivity (Wildman–Crippen MR) is 98.9 cm³/mol. The summed E-state index contributed by atoms with van der Waals surface area (Å²) in [5, 5.41) is 2.69. The van der Waals surface area contributed by atoms with E-state index in [2.05, 4.69) is 20.3 Å². The molecule has 0 bridgehead atoms. The zero-order valence-corrected chi connectivity index (χ0v) is 17.8. The molecular formula is C17H17N4NaO5S. The molecule has 11 heteroatoms. The Hall–Kier alpha value is -2.24. The van der Waals surface area contributed by atoms with Crippen LogP contribution in [-0.2, 0) is 10.1 Å². The molecule has 2 aromatic carbocycles. The van der Waals surface area contributed by atoms with Crippen LogP contribution in [0.5, 0.6) is 23.5 Å². The summed E-state index contributed by atoms with van der Waals surface area (Å²) >= 11 is 0. The normalized spacial score (nSPS) is 10.6. The number of nitrogens with one attached hydrogen (secondary N) is 1. The van der Waals surface area contributed by atoms with Crippen molar-refractivity contribution in [2.45, 2.75) is 0 Å². The van der Waals surface area contributed by atoms with E-state index < -0.39 is 15.9 Å². The van der Waals surface area contributed by atoms with Crippen LogP contribution >= 0.6 is 0 Å². The number of ether oxygens (including phenoxy) is 2. The minimum absolute atomic E-state index is 0. The van der Waals surface area contributed by atoms with Crippen LogP contribution in [0, 0.1) is 0 Å². The van der Waals surface area contributed by atoms with Gasteiger partial charge in [0.15, 0.2) is 0 Å². The van der Waals surface area contributed by atoms with E-state index in [0.29, 0.717) is 11.5 Å². The Morgan fingerprint density at radius 3 is 1.75 bits per heavy atom. The van der Waals surface area contributed by atoms with Gasteiger partial charge in [0.25, 0.3) is 10.1 Å². The van der Waals surface area contributed by atoms with Crippen LogP contribution in [0.3, 0.4) is 0 Å². The quantitative estimate of drug-likeness (QED) is 0.385. The molecular weight excluding hydrogens is 395 g/mol. The van der Waals surface area contributed by atoms with Crippen LogP contribution in [0.15, 0.2) is 60.7 Å². The minimum atomic E-state index is -4.11. The third kappa shape index (κ3) is 7.41. The third-order valence-corrected chi connectivity index (χ3v) is 3.86. The largest absolute Gasteiger partial charge is 1.00 e. The van der Waals surface area contributed by atoms with Crippen molar-refractivity contribution in [2.75, 3.05) is 17.6 Å². The number of nitrogens with zero attached hydrogens (tertiary/aromatic N) is 3. The molecule has 0 saturated heterocycles. The molecule has 0 aliphatic heterocycles. The van der Waals surface area contributed by atoms with Crippen LogP contribution in [0.1, 0.15) is 1.43 Å². The summed E-state index contributed by atoms with van der Waals surface area (Å²) in [5.41, 5.74) is 0. The van der Waals surface area contributed by atoms with Gasteiger partial charge in [-0.25, -0.2) is 0 Å². The van der Waals surface area contributed by atoms with Crippen LogP contribution in [0.25, 0.3) is 0 Å². The van der Waals surface area contributed by atoms with Crippen molar-refractivity contribution in [1.29, 1.82) is 0 Å². The Bertz CT molecular complexity index is 937. The summed E-state index contributed by atoms with van der Waals surface area (Å²) in [6, 6.07) is 17.7. The van der Waals surface area contributed by atoms with Gasteiger partial charge in [-0.05, 0) is 24.3 Å². The van der Waals surface area contributed by atoms with Gasteiger partial charge in [-0.1, -0.05) is 36.4 Å². The monoisotopic (exact) mass is 412 g/mol. The summed E-state index contributed by atoms with van der Waals surface area (Å²) in [4.78, 5) is 12.3. The first-order chi connectivity index (χ1) is 13.0. The van der Waals surface area contributed by atoms with E-state index in [-0.39, 0.29) is 55.5 Å². The van der Waals surface area contributed by atoms with Crippen LogP contribution in [0.2, 0.25) is 0 Å². The number of anilines is 1. The van der Waals surface area contributed by atoms with Gasteiger partial charge in [-0.15, -0.1) is 4.98 Å². The van der Waals surface area contributed by atoms with Crippen molar-refractivity contribution in [3.8, 4) is 23.5 Å². The molecule has 9 nitrogen and oxygen atoms in total. The number of aromatic nitrogens is 3. The average molecular weight is 412 g/mol. The van der Waals surface area contributed by atoms with Crippen molar-refractivity contribution < 1.29 is 53.4 Å². The van der Waals surface area contributed by atoms with E-state index in [0.717, 1.165) is 0 Å². The zero-order chi connectivity index (χ0) is 19.1. The third-order valence-electron chi connectivity index (χ3n) is 3.14. The summed E-state index contributed by atoms with van der Waals surface area (Å²) in [6.45, 7) is -0.0988. The number of para-hydroxylation sites is 2. The number of hydrogen-bond donors (Lipinski definition) is 2. The summed E-state index contributed by atoms with van der Waals surface area (Å²) in [5.74, 6) is 0.574. The molecule has 1 aromatic heterocycles. The molecule has 3 aromatic rings. The molecule has 0 unspecified atom stereocenters. The molecule has 28 heavy (non-hydrogen) atoms. The van der Waals surface area contributed by atoms with E-state index in [1.54, 1.807) is 48.5 Å². The van der Waals surface area contributed by atoms with Gasteiger partial charge in [-0.2, -0.15) is 18.4 Å². The molecule has 0 aliphatic carbocycles. The molecule has 3 rings (SSSR count). The van der Waals surface area contributed by atoms with Crippen molar-refractivity contribution >= 4 is 16.1 Å². The van der Waals surface area contributed by atoms with Crippen molar-refractivity contribution in [2.24, 2.45) is 0 Å². The molecule has 0 saturated carbocycles. The average Bonchev–Trinajstić information content (AvgIpc) is 2.62. The van der Waals surface area contributed by atoms with Gasteiger partial charge in [0.05, 0.1) is 5.75 Å². The van der Waals surface area contributed by atoms with Crippen LogP contribution in [-0.4, -0.2) is 40.2 Å². The van der Waals surface area contributed by atoms with Crippen LogP contribution < -0.4 is 44.3 Å². The van der Waals surface area contributed by atoms with Crippen LogP contribution in [0.4, 0.5) is 5.95 Å². The summed E-state index contributed by atoms with van der Waals surface area (Å²) < 4.78 is 41.7. The van der Waals surface area contributed by atoms with E-state index in [1.165, 1.54) is 0 Å². The first kappa shape index (κ1) is 22.1. The fourth-order valence-corrected chi connectivity index (χ4v) is 2.35. The molecule has 0 radical (unpaired) electrons. The second kappa shape index (κ2) is 10.3. The van der Waals surface area contributed by atoms with Crippen molar-refractivity contribution in [3.63, 3.8) is 0 Å². The molecule has 0 spiro atoms. The Kier molecular flexibility index (Phi) is 8.15. The first-order valence-corrected chi connectivity index (χ1v) is 9.50. The summed E-state index contributed by atoms with van der Waals surface area (Å²) in [6.07, 6.45) is 0. The van der Waals surface area contributed by atoms with E-state index in [9.17, 15) is 8.42 Å². The number of benzene rings is 2.